The van der Waals surface area contributed by atoms with Crippen LogP contribution in [0.1, 0.15) is 18.4 Å². The van der Waals surface area contributed by atoms with Crippen LogP contribution < -0.4 is 10.1 Å². The molecule has 2 aliphatic carbocycles. The van der Waals surface area contributed by atoms with E-state index in [9.17, 15) is 4.79 Å². The van der Waals surface area contributed by atoms with Crippen LogP contribution in [-0.4, -0.2) is 13.0 Å². The van der Waals surface area contributed by atoms with Crippen LogP contribution in [0.5, 0.6) is 5.75 Å². The molecule has 1 saturated carbocycles. The van der Waals surface area contributed by atoms with E-state index >= 15 is 0 Å². The molecule has 3 unspecified atom stereocenters. The molecule has 19 heavy (non-hydrogen) atoms. The van der Waals surface area contributed by atoms with Crippen molar-refractivity contribution in [1.29, 1.82) is 0 Å². The van der Waals surface area contributed by atoms with Crippen LogP contribution in [0, 0.1) is 17.8 Å². The number of carbonyl (C=O) groups excluding carboxylic acids is 1. The van der Waals surface area contributed by atoms with Gasteiger partial charge in [0.25, 0.3) is 0 Å². The van der Waals surface area contributed by atoms with Gasteiger partial charge in [-0.3, -0.25) is 4.79 Å². The van der Waals surface area contributed by atoms with Gasteiger partial charge in [-0.25, -0.2) is 0 Å². The quantitative estimate of drug-likeness (QED) is 0.842. The van der Waals surface area contributed by atoms with Crippen LogP contribution in [0.3, 0.4) is 0 Å². The summed E-state index contributed by atoms with van der Waals surface area (Å²) < 4.78 is 5.29. The number of hydrogen-bond donors (Lipinski definition) is 1. The zero-order valence-electron chi connectivity index (χ0n) is 11.1. The number of allylic oxidation sites excluding steroid dienone is 2. The molecular formula is C16H19NO2. The molecule has 1 N–H and O–H groups in total. The van der Waals surface area contributed by atoms with Gasteiger partial charge in [0.1, 0.15) is 5.75 Å². The third-order valence-corrected chi connectivity index (χ3v) is 4.26. The van der Waals surface area contributed by atoms with Gasteiger partial charge in [-0.15, -0.1) is 0 Å². The number of nitrogens with one attached hydrogen (secondary N) is 1. The molecule has 3 nitrogen and oxygen atoms in total. The van der Waals surface area contributed by atoms with Crippen LogP contribution in [-0.2, 0) is 11.3 Å². The fourth-order valence-electron chi connectivity index (χ4n) is 3.24. The molecule has 1 aromatic rings. The Hall–Kier alpha value is -1.77. The molecule has 0 radical (unpaired) electrons. The SMILES string of the molecule is COc1ccccc1CNC(=O)C1CC2C=CC1C2. The zero-order valence-corrected chi connectivity index (χ0v) is 11.1. The van der Waals surface area contributed by atoms with Gasteiger partial charge in [0, 0.05) is 18.0 Å². The Kier molecular flexibility index (Phi) is 3.28. The van der Waals surface area contributed by atoms with Gasteiger partial charge in [-0.1, -0.05) is 30.4 Å². The summed E-state index contributed by atoms with van der Waals surface area (Å²) in [6.45, 7) is 0.542. The first-order valence-electron chi connectivity index (χ1n) is 6.86. The largest absolute Gasteiger partial charge is 0.496 e. The first-order chi connectivity index (χ1) is 9.28. The van der Waals surface area contributed by atoms with E-state index in [1.54, 1.807) is 7.11 Å². The molecule has 0 aliphatic heterocycles. The van der Waals surface area contributed by atoms with Crippen molar-refractivity contribution in [3.05, 3.63) is 42.0 Å². The average Bonchev–Trinajstić information content (AvgIpc) is 3.07. The second-order valence-electron chi connectivity index (χ2n) is 5.42. The van der Waals surface area contributed by atoms with Crippen molar-refractivity contribution in [2.75, 3.05) is 7.11 Å². The normalized spacial score (nSPS) is 27.5. The van der Waals surface area contributed by atoms with Gasteiger partial charge in [-0.05, 0) is 30.7 Å². The number of rotatable bonds is 4. The standard InChI is InChI=1S/C16H19NO2/c1-19-15-5-3-2-4-13(15)10-17-16(18)14-9-11-6-7-12(14)8-11/h2-7,11-12,14H,8-10H2,1H3,(H,17,18). The first-order valence-corrected chi connectivity index (χ1v) is 6.86. The predicted octanol–water partition coefficient (Wildman–Crippen LogP) is 2.52. The summed E-state index contributed by atoms with van der Waals surface area (Å²) in [7, 11) is 1.65. The Morgan fingerprint density at radius 1 is 1.32 bits per heavy atom. The zero-order chi connectivity index (χ0) is 13.2. The Morgan fingerprint density at radius 3 is 2.84 bits per heavy atom. The molecule has 0 aromatic heterocycles. The van der Waals surface area contributed by atoms with Gasteiger partial charge < -0.3 is 10.1 Å². The topological polar surface area (TPSA) is 38.3 Å². The molecule has 0 heterocycles. The fourth-order valence-corrected chi connectivity index (χ4v) is 3.24. The highest BCUT2D eigenvalue weighted by atomic mass is 16.5. The highest BCUT2D eigenvalue weighted by Gasteiger charge is 2.39. The number of carbonyl (C=O) groups is 1. The van der Waals surface area contributed by atoms with E-state index in [-0.39, 0.29) is 11.8 Å². The van der Waals surface area contributed by atoms with Gasteiger partial charge >= 0.3 is 0 Å². The molecule has 1 aromatic carbocycles. The van der Waals surface area contributed by atoms with E-state index in [1.165, 1.54) is 0 Å². The molecule has 2 bridgehead atoms. The Balaban J connectivity index is 1.60. The predicted molar refractivity (Wildman–Crippen MR) is 73.7 cm³/mol. The maximum absolute atomic E-state index is 12.2. The number of ether oxygens (including phenoxy) is 1. The molecule has 1 amide bonds. The summed E-state index contributed by atoms with van der Waals surface area (Å²) in [5, 5.41) is 3.05. The van der Waals surface area contributed by atoms with Crippen LogP contribution in [0.15, 0.2) is 36.4 Å². The Labute approximate surface area is 113 Å². The first kappa shape index (κ1) is 12.3. The number of methoxy groups -OCH3 is 1. The van der Waals surface area contributed by atoms with E-state index < -0.39 is 0 Å². The second-order valence-corrected chi connectivity index (χ2v) is 5.42. The monoisotopic (exact) mass is 257 g/mol. The van der Waals surface area contributed by atoms with E-state index in [0.29, 0.717) is 18.4 Å². The number of para-hydroxylation sites is 1. The van der Waals surface area contributed by atoms with Crippen molar-refractivity contribution in [3.8, 4) is 5.75 Å². The summed E-state index contributed by atoms with van der Waals surface area (Å²) in [5.74, 6) is 2.28. The average molecular weight is 257 g/mol. The molecule has 3 atom stereocenters. The third-order valence-electron chi connectivity index (χ3n) is 4.26. The lowest BCUT2D eigenvalue weighted by atomic mass is 9.93. The van der Waals surface area contributed by atoms with Crippen LogP contribution in [0.4, 0.5) is 0 Å². The minimum atomic E-state index is 0.171. The molecule has 3 heteroatoms. The van der Waals surface area contributed by atoms with Crippen molar-refractivity contribution in [2.45, 2.75) is 19.4 Å². The lowest BCUT2D eigenvalue weighted by Crippen LogP contribution is -2.32. The van der Waals surface area contributed by atoms with Gasteiger partial charge in [0.05, 0.1) is 7.11 Å². The molecule has 1 fully saturated rings. The van der Waals surface area contributed by atoms with Crippen molar-refractivity contribution >= 4 is 5.91 Å². The van der Waals surface area contributed by atoms with E-state index in [0.717, 1.165) is 24.2 Å². The highest BCUT2D eigenvalue weighted by Crippen LogP contribution is 2.43. The Bertz CT molecular complexity index is 509. The minimum Gasteiger partial charge on any atom is -0.496 e. The van der Waals surface area contributed by atoms with Crippen LogP contribution in [0.2, 0.25) is 0 Å². The van der Waals surface area contributed by atoms with Gasteiger partial charge in [0.2, 0.25) is 5.91 Å². The number of amides is 1. The van der Waals surface area contributed by atoms with Crippen LogP contribution >= 0.6 is 0 Å². The maximum atomic E-state index is 12.2. The summed E-state index contributed by atoms with van der Waals surface area (Å²) in [6, 6.07) is 7.80. The number of benzene rings is 1. The molecule has 3 rings (SSSR count). The lowest BCUT2D eigenvalue weighted by Gasteiger charge is -2.18. The maximum Gasteiger partial charge on any atom is 0.223 e. The smallest absolute Gasteiger partial charge is 0.223 e. The van der Waals surface area contributed by atoms with Crippen LogP contribution in [0.25, 0.3) is 0 Å². The Morgan fingerprint density at radius 2 is 2.16 bits per heavy atom. The fraction of sp³-hybridized carbons (Fsp3) is 0.438. The number of hydrogen-bond acceptors (Lipinski definition) is 2. The summed E-state index contributed by atoms with van der Waals surface area (Å²) in [6.07, 6.45) is 6.64. The summed E-state index contributed by atoms with van der Waals surface area (Å²) in [5.41, 5.74) is 1.03. The minimum absolute atomic E-state index is 0.171. The lowest BCUT2D eigenvalue weighted by molar-refractivity contribution is -0.125. The summed E-state index contributed by atoms with van der Waals surface area (Å²) >= 11 is 0. The third kappa shape index (κ3) is 2.37. The number of fused-ring (bicyclic) bond motifs is 2. The van der Waals surface area contributed by atoms with E-state index in [1.807, 2.05) is 24.3 Å². The molecular weight excluding hydrogens is 238 g/mol. The van der Waals surface area contributed by atoms with Gasteiger partial charge in [0.15, 0.2) is 0 Å². The molecule has 2 aliphatic rings. The van der Waals surface area contributed by atoms with Crippen molar-refractivity contribution < 1.29 is 9.53 Å². The van der Waals surface area contributed by atoms with Crippen molar-refractivity contribution in [1.82, 2.24) is 5.32 Å². The second kappa shape index (κ2) is 5.08. The molecule has 0 spiro atoms. The van der Waals surface area contributed by atoms with Crippen molar-refractivity contribution in [3.63, 3.8) is 0 Å². The molecule has 100 valence electrons. The van der Waals surface area contributed by atoms with Gasteiger partial charge in [-0.2, -0.15) is 0 Å². The van der Waals surface area contributed by atoms with E-state index in [4.69, 9.17) is 4.74 Å². The van der Waals surface area contributed by atoms with E-state index in [2.05, 4.69) is 17.5 Å². The molecule has 0 saturated heterocycles. The summed E-state index contributed by atoms with van der Waals surface area (Å²) in [4.78, 5) is 12.2. The van der Waals surface area contributed by atoms with Crippen molar-refractivity contribution in [2.24, 2.45) is 17.8 Å². The highest BCUT2D eigenvalue weighted by molar-refractivity contribution is 5.80.